The number of carboxylic acids is 1. The molecule has 0 aliphatic heterocycles. The second kappa shape index (κ2) is 6.03. The summed E-state index contributed by atoms with van der Waals surface area (Å²) in [7, 11) is 0. The molecule has 0 aliphatic rings. The third-order valence-corrected chi connectivity index (χ3v) is 2.68. The molecule has 94 valence electrons. The second-order valence-electron chi connectivity index (χ2n) is 4.03. The number of carbonyl (C=O) groups excluding carboxylic acids is 1. The highest BCUT2D eigenvalue weighted by molar-refractivity contribution is 5.77. The molecule has 2 atom stereocenters. The Labute approximate surface area is 99.7 Å². The molecule has 1 aromatic rings. The molecule has 6 nitrogen and oxygen atoms in total. The Kier molecular flexibility index (Phi) is 4.68. The molecule has 0 aliphatic carbocycles. The minimum Gasteiger partial charge on any atom is -0.481 e. The summed E-state index contributed by atoms with van der Waals surface area (Å²) >= 11 is 0. The third-order valence-electron chi connectivity index (χ3n) is 2.68. The van der Waals surface area contributed by atoms with Crippen LogP contribution < -0.4 is 5.32 Å². The summed E-state index contributed by atoms with van der Waals surface area (Å²) < 4.78 is 1.80. The van der Waals surface area contributed by atoms with Gasteiger partial charge >= 0.3 is 5.97 Å². The van der Waals surface area contributed by atoms with Crippen molar-refractivity contribution in [1.29, 1.82) is 0 Å². The van der Waals surface area contributed by atoms with Crippen molar-refractivity contribution in [1.82, 2.24) is 14.9 Å². The van der Waals surface area contributed by atoms with E-state index >= 15 is 0 Å². The predicted molar refractivity (Wildman–Crippen MR) is 61.2 cm³/mol. The monoisotopic (exact) mass is 239 g/mol. The van der Waals surface area contributed by atoms with E-state index in [-0.39, 0.29) is 11.9 Å². The van der Waals surface area contributed by atoms with Crippen LogP contribution in [0.3, 0.4) is 0 Å². The summed E-state index contributed by atoms with van der Waals surface area (Å²) in [5, 5.41) is 11.5. The van der Waals surface area contributed by atoms with E-state index in [1.807, 2.05) is 0 Å². The first-order valence-corrected chi connectivity index (χ1v) is 5.48. The molecule has 0 aromatic carbocycles. The first kappa shape index (κ1) is 13.2. The number of carboxylic acid groups (broad SMARTS) is 1. The number of amides is 1. The molecule has 0 fully saturated rings. The Bertz CT molecular complexity index is 375. The molecule has 0 radical (unpaired) electrons. The molecule has 1 rings (SSSR count). The summed E-state index contributed by atoms with van der Waals surface area (Å²) in [6, 6.07) is -0.372. The number of aromatic nitrogens is 2. The Morgan fingerprint density at radius 2 is 2.18 bits per heavy atom. The van der Waals surface area contributed by atoms with Crippen LogP contribution in [0.1, 0.15) is 20.3 Å². The minimum absolute atomic E-state index is 0.153. The molecule has 0 spiro atoms. The predicted octanol–water partition coefficient (Wildman–Crippen LogP) is 0.499. The van der Waals surface area contributed by atoms with Crippen molar-refractivity contribution < 1.29 is 14.7 Å². The van der Waals surface area contributed by atoms with Crippen LogP contribution in [0.4, 0.5) is 0 Å². The van der Waals surface area contributed by atoms with E-state index in [4.69, 9.17) is 5.11 Å². The Morgan fingerprint density at radius 1 is 1.47 bits per heavy atom. The summed E-state index contributed by atoms with van der Waals surface area (Å²) in [4.78, 5) is 26.1. The number of nitrogens with zero attached hydrogens (tertiary/aromatic N) is 2. The van der Waals surface area contributed by atoms with Crippen molar-refractivity contribution in [3.8, 4) is 0 Å². The number of aliphatic carboxylic acids is 1. The summed E-state index contributed by atoms with van der Waals surface area (Å²) in [5.74, 6) is -1.65. The van der Waals surface area contributed by atoms with Crippen LogP contribution in [0.15, 0.2) is 18.7 Å². The van der Waals surface area contributed by atoms with Gasteiger partial charge in [-0.3, -0.25) is 9.59 Å². The molecule has 0 saturated heterocycles. The molecule has 0 bridgehead atoms. The Hall–Kier alpha value is -1.85. The lowest BCUT2D eigenvalue weighted by Gasteiger charge is -2.17. The summed E-state index contributed by atoms with van der Waals surface area (Å²) in [5.41, 5.74) is 0. The number of nitrogens with one attached hydrogen (secondary N) is 1. The van der Waals surface area contributed by atoms with Gasteiger partial charge in [0, 0.05) is 31.4 Å². The third kappa shape index (κ3) is 4.26. The van der Waals surface area contributed by atoms with Gasteiger partial charge in [0.1, 0.15) is 0 Å². The first-order valence-electron chi connectivity index (χ1n) is 5.48. The van der Waals surface area contributed by atoms with Crippen molar-refractivity contribution in [3.63, 3.8) is 0 Å². The van der Waals surface area contributed by atoms with Crippen molar-refractivity contribution in [2.45, 2.75) is 32.9 Å². The normalized spacial score (nSPS) is 14.0. The van der Waals surface area contributed by atoms with Gasteiger partial charge in [-0.1, -0.05) is 0 Å². The van der Waals surface area contributed by atoms with Gasteiger partial charge in [0.15, 0.2) is 0 Å². The van der Waals surface area contributed by atoms with Gasteiger partial charge in [-0.15, -0.1) is 0 Å². The smallest absolute Gasteiger partial charge is 0.308 e. The average molecular weight is 239 g/mol. The van der Waals surface area contributed by atoms with E-state index < -0.39 is 11.9 Å². The average Bonchev–Trinajstić information content (AvgIpc) is 2.77. The maximum absolute atomic E-state index is 11.5. The summed E-state index contributed by atoms with van der Waals surface area (Å²) in [6.07, 6.45) is 5.37. The standard InChI is InChI=1S/C11H17N3O3/c1-8(11(16)17)9(2)13-10(15)3-5-14-6-4-12-7-14/h4,6-9H,3,5H2,1-2H3,(H,13,15)(H,16,17). The maximum atomic E-state index is 11.5. The Balaban J connectivity index is 2.32. The second-order valence-corrected chi connectivity index (χ2v) is 4.03. The molecule has 2 unspecified atom stereocenters. The zero-order chi connectivity index (χ0) is 12.8. The van der Waals surface area contributed by atoms with E-state index in [0.29, 0.717) is 13.0 Å². The number of aryl methyl sites for hydroxylation is 1. The molecular formula is C11H17N3O3. The highest BCUT2D eigenvalue weighted by Crippen LogP contribution is 2.02. The zero-order valence-electron chi connectivity index (χ0n) is 9.96. The van der Waals surface area contributed by atoms with Gasteiger partial charge in [-0.2, -0.15) is 0 Å². The van der Waals surface area contributed by atoms with Crippen LogP contribution in [-0.2, 0) is 16.1 Å². The van der Waals surface area contributed by atoms with Gasteiger partial charge in [0.25, 0.3) is 0 Å². The highest BCUT2D eigenvalue weighted by Gasteiger charge is 2.20. The van der Waals surface area contributed by atoms with Crippen molar-refractivity contribution >= 4 is 11.9 Å². The lowest BCUT2D eigenvalue weighted by Crippen LogP contribution is -2.40. The molecule has 17 heavy (non-hydrogen) atoms. The summed E-state index contributed by atoms with van der Waals surface area (Å²) in [6.45, 7) is 3.80. The van der Waals surface area contributed by atoms with E-state index in [1.54, 1.807) is 37.1 Å². The van der Waals surface area contributed by atoms with E-state index in [1.165, 1.54) is 0 Å². The van der Waals surface area contributed by atoms with Crippen LogP contribution in [-0.4, -0.2) is 32.6 Å². The number of carbonyl (C=O) groups is 2. The van der Waals surface area contributed by atoms with Gasteiger partial charge in [0.2, 0.25) is 5.91 Å². The first-order chi connectivity index (χ1) is 8.00. The molecule has 2 N–H and O–H groups in total. The largest absolute Gasteiger partial charge is 0.481 e. The van der Waals surface area contributed by atoms with Crippen LogP contribution in [0, 0.1) is 5.92 Å². The van der Waals surface area contributed by atoms with Gasteiger partial charge in [0.05, 0.1) is 12.2 Å². The molecule has 1 aromatic heterocycles. The highest BCUT2D eigenvalue weighted by atomic mass is 16.4. The lowest BCUT2D eigenvalue weighted by molar-refractivity contribution is -0.142. The topological polar surface area (TPSA) is 84.2 Å². The van der Waals surface area contributed by atoms with Crippen molar-refractivity contribution in [3.05, 3.63) is 18.7 Å². The van der Waals surface area contributed by atoms with Crippen molar-refractivity contribution in [2.24, 2.45) is 5.92 Å². The van der Waals surface area contributed by atoms with E-state index in [0.717, 1.165) is 0 Å². The van der Waals surface area contributed by atoms with Crippen LogP contribution in [0.5, 0.6) is 0 Å². The molecular weight excluding hydrogens is 222 g/mol. The van der Waals surface area contributed by atoms with Gasteiger partial charge < -0.3 is 15.0 Å². The Morgan fingerprint density at radius 3 is 2.71 bits per heavy atom. The molecule has 1 amide bonds. The van der Waals surface area contributed by atoms with Crippen LogP contribution in [0.25, 0.3) is 0 Å². The van der Waals surface area contributed by atoms with Crippen molar-refractivity contribution in [2.75, 3.05) is 0 Å². The van der Waals surface area contributed by atoms with E-state index in [9.17, 15) is 9.59 Å². The fourth-order valence-electron chi connectivity index (χ4n) is 1.31. The lowest BCUT2D eigenvalue weighted by atomic mass is 10.0. The fourth-order valence-corrected chi connectivity index (χ4v) is 1.31. The molecule has 0 saturated carbocycles. The molecule has 1 heterocycles. The zero-order valence-corrected chi connectivity index (χ0v) is 9.96. The number of hydrogen-bond donors (Lipinski definition) is 2. The van der Waals surface area contributed by atoms with Gasteiger partial charge in [-0.05, 0) is 13.8 Å². The fraction of sp³-hybridized carbons (Fsp3) is 0.545. The minimum atomic E-state index is -0.910. The van der Waals surface area contributed by atoms with Gasteiger partial charge in [-0.25, -0.2) is 4.98 Å². The van der Waals surface area contributed by atoms with Crippen LogP contribution in [0.2, 0.25) is 0 Å². The maximum Gasteiger partial charge on any atom is 0.308 e. The quantitative estimate of drug-likeness (QED) is 0.757. The van der Waals surface area contributed by atoms with Crippen LogP contribution >= 0.6 is 0 Å². The number of imidazole rings is 1. The number of hydrogen-bond acceptors (Lipinski definition) is 3. The number of rotatable bonds is 6. The SMILES string of the molecule is CC(NC(=O)CCn1ccnc1)C(C)C(=O)O. The molecule has 6 heteroatoms. The van der Waals surface area contributed by atoms with E-state index in [2.05, 4.69) is 10.3 Å².